The van der Waals surface area contributed by atoms with Crippen LogP contribution in [-0.4, -0.2) is 57.6 Å². The summed E-state index contributed by atoms with van der Waals surface area (Å²) < 4.78 is 31.9. The van der Waals surface area contributed by atoms with E-state index in [4.69, 9.17) is 16.3 Å². The average Bonchev–Trinajstić information content (AvgIpc) is 2.96. The molecule has 0 spiro atoms. The van der Waals surface area contributed by atoms with Crippen molar-refractivity contribution < 1.29 is 22.7 Å². The van der Waals surface area contributed by atoms with Crippen LogP contribution in [0.25, 0.3) is 0 Å². The molecule has 10 heteroatoms. The number of hydrogen-bond acceptors (Lipinski definition) is 5. The molecule has 0 bridgehead atoms. The molecule has 0 saturated carbocycles. The summed E-state index contributed by atoms with van der Waals surface area (Å²) in [6.45, 7) is 4.71. The molecule has 3 aromatic rings. The lowest BCUT2D eigenvalue weighted by Crippen LogP contribution is -2.51. The molecule has 0 saturated heterocycles. The first-order valence-electron chi connectivity index (χ1n) is 14.0. The van der Waals surface area contributed by atoms with Gasteiger partial charge in [-0.25, -0.2) is 8.42 Å². The predicted octanol–water partition coefficient (Wildman–Crippen LogP) is 5.31. The summed E-state index contributed by atoms with van der Waals surface area (Å²) in [6.07, 6.45) is 1.73. The van der Waals surface area contributed by atoms with Crippen LogP contribution in [-0.2, 0) is 32.6 Å². The summed E-state index contributed by atoms with van der Waals surface area (Å²) in [6, 6.07) is 22.8. The number of sulfonamides is 1. The van der Waals surface area contributed by atoms with Gasteiger partial charge in [0.05, 0.1) is 19.1 Å². The number of methoxy groups -OCH3 is 1. The fourth-order valence-corrected chi connectivity index (χ4v) is 5.71. The van der Waals surface area contributed by atoms with Crippen LogP contribution >= 0.6 is 11.6 Å². The van der Waals surface area contributed by atoms with Gasteiger partial charge in [-0.15, -0.1) is 0 Å². The standard InChI is InChI=1S/C32H40ClN3O5S/c1-24(2)22-34-32(38)30(20-25-12-6-5-7-13-25)35(23-26-14-8-9-17-29(26)33)31(37)18-11-19-36(42(4,39)40)27-15-10-16-28(21-27)41-3/h5-10,12-17,21,24,30H,11,18-20,22-23H2,1-4H3,(H,34,38). The van der Waals surface area contributed by atoms with Crippen molar-refractivity contribution in [1.29, 1.82) is 0 Å². The Morgan fingerprint density at radius 2 is 1.67 bits per heavy atom. The summed E-state index contributed by atoms with van der Waals surface area (Å²) in [5.41, 5.74) is 2.09. The Kier molecular flexibility index (Phi) is 12.2. The minimum absolute atomic E-state index is 0.0309. The normalized spacial score (nSPS) is 12.0. The molecule has 0 aromatic heterocycles. The van der Waals surface area contributed by atoms with E-state index in [9.17, 15) is 18.0 Å². The van der Waals surface area contributed by atoms with E-state index in [1.165, 1.54) is 11.4 Å². The lowest BCUT2D eigenvalue weighted by Gasteiger charge is -2.32. The number of carbonyl (C=O) groups excluding carboxylic acids is 2. The molecular formula is C32H40ClN3O5S. The molecule has 3 rings (SSSR count). The second-order valence-electron chi connectivity index (χ2n) is 10.6. The number of ether oxygens (including phenoxy) is 1. The summed E-state index contributed by atoms with van der Waals surface area (Å²) in [5, 5.41) is 3.50. The monoisotopic (exact) mass is 613 g/mol. The van der Waals surface area contributed by atoms with Gasteiger partial charge in [-0.1, -0.05) is 80.0 Å². The van der Waals surface area contributed by atoms with E-state index < -0.39 is 16.1 Å². The third kappa shape index (κ3) is 9.77. The first kappa shape index (κ1) is 32.9. The van der Waals surface area contributed by atoms with Crippen molar-refractivity contribution >= 4 is 39.1 Å². The molecule has 0 radical (unpaired) electrons. The Morgan fingerprint density at radius 3 is 2.31 bits per heavy atom. The molecule has 0 aliphatic carbocycles. The minimum atomic E-state index is -3.63. The number of hydrogen-bond donors (Lipinski definition) is 1. The number of carbonyl (C=O) groups is 2. The van der Waals surface area contributed by atoms with E-state index in [0.717, 1.165) is 17.4 Å². The van der Waals surface area contributed by atoms with E-state index in [1.54, 1.807) is 35.2 Å². The number of rotatable bonds is 15. The molecular weight excluding hydrogens is 574 g/mol. The zero-order valence-electron chi connectivity index (χ0n) is 24.6. The van der Waals surface area contributed by atoms with Gasteiger partial charge in [0.2, 0.25) is 21.8 Å². The van der Waals surface area contributed by atoms with Crippen LogP contribution in [0, 0.1) is 5.92 Å². The van der Waals surface area contributed by atoms with Crippen LogP contribution in [0.4, 0.5) is 5.69 Å². The molecule has 8 nitrogen and oxygen atoms in total. The van der Waals surface area contributed by atoms with Gasteiger partial charge in [-0.3, -0.25) is 13.9 Å². The van der Waals surface area contributed by atoms with Gasteiger partial charge < -0.3 is 15.0 Å². The number of benzene rings is 3. The molecule has 0 fully saturated rings. The van der Waals surface area contributed by atoms with Crippen molar-refractivity contribution in [2.75, 3.05) is 30.8 Å². The lowest BCUT2D eigenvalue weighted by molar-refractivity contribution is -0.141. The first-order valence-corrected chi connectivity index (χ1v) is 16.2. The second kappa shape index (κ2) is 15.6. The molecule has 226 valence electrons. The highest BCUT2D eigenvalue weighted by Crippen LogP contribution is 2.25. The summed E-state index contributed by atoms with van der Waals surface area (Å²) in [5.74, 6) is 0.244. The van der Waals surface area contributed by atoms with Crippen LogP contribution in [0.1, 0.15) is 37.8 Å². The average molecular weight is 614 g/mol. The van der Waals surface area contributed by atoms with E-state index in [1.807, 2.05) is 62.4 Å². The molecule has 3 aromatic carbocycles. The Balaban J connectivity index is 1.89. The highest BCUT2D eigenvalue weighted by molar-refractivity contribution is 7.92. The summed E-state index contributed by atoms with van der Waals surface area (Å²) >= 11 is 6.49. The zero-order valence-corrected chi connectivity index (χ0v) is 26.2. The quantitative estimate of drug-likeness (QED) is 0.251. The molecule has 0 heterocycles. The van der Waals surface area contributed by atoms with Gasteiger partial charge in [-0.05, 0) is 41.7 Å². The highest BCUT2D eigenvalue weighted by atomic mass is 35.5. The van der Waals surface area contributed by atoms with Crippen molar-refractivity contribution in [2.24, 2.45) is 5.92 Å². The molecule has 1 atom stereocenters. The number of amides is 2. The molecule has 1 unspecified atom stereocenters. The number of nitrogens with zero attached hydrogens (tertiary/aromatic N) is 2. The predicted molar refractivity (Wildman–Crippen MR) is 168 cm³/mol. The smallest absolute Gasteiger partial charge is 0.243 e. The van der Waals surface area contributed by atoms with Gasteiger partial charge in [0.1, 0.15) is 11.8 Å². The lowest BCUT2D eigenvalue weighted by atomic mass is 10.0. The third-order valence-electron chi connectivity index (χ3n) is 6.75. The van der Waals surface area contributed by atoms with Crippen LogP contribution in [0.5, 0.6) is 5.75 Å². The number of anilines is 1. The maximum Gasteiger partial charge on any atom is 0.243 e. The van der Waals surface area contributed by atoms with Crippen LogP contribution in [0.15, 0.2) is 78.9 Å². The van der Waals surface area contributed by atoms with Crippen LogP contribution < -0.4 is 14.4 Å². The highest BCUT2D eigenvalue weighted by Gasteiger charge is 2.31. The fraction of sp³-hybridized carbons (Fsp3) is 0.375. The van der Waals surface area contributed by atoms with E-state index in [0.29, 0.717) is 29.4 Å². The van der Waals surface area contributed by atoms with E-state index in [2.05, 4.69) is 5.32 Å². The molecule has 2 amide bonds. The fourth-order valence-electron chi connectivity index (χ4n) is 4.56. The van der Waals surface area contributed by atoms with Crippen LogP contribution in [0.3, 0.4) is 0 Å². The van der Waals surface area contributed by atoms with Gasteiger partial charge in [0, 0.05) is 43.6 Å². The Hall–Kier alpha value is -3.56. The SMILES string of the molecule is COc1cccc(N(CCCC(=O)N(Cc2ccccc2Cl)C(Cc2ccccc2)C(=O)NCC(C)C)S(C)(=O)=O)c1. The molecule has 0 aliphatic rings. The largest absolute Gasteiger partial charge is 0.497 e. The van der Waals surface area contributed by atoms with Gasteiger partial charge in [0.25, 0.3) is 0 Å². The molecule has 0 aliphatic heterocycles. The topological polar surface area (TPSA) is 96.0 Å². The van der Waals surface area contributed by atoms with Gasteiger partial charge in [-0.2, -0.15) is 0 Å². The van der Waals surface area contributed by atoms with E-state index in [-0.39, 0.29) is 43.7 Å². The Morgan fingerprint density at radius 1 is 0.976 bits per heavy atom. The number of halogens is 1. The van der Waals surface area contributed by atoms with Crippen molar-refractivity contribution in [3.63, 3.8) is 0 Å². The summed E-state index contributed by atoms with van der Waals surface area (Å²) in [4.78, 5) is 29.1. The Bertz CT molecular complexity index is 1430. The summed E-state index contributed by atoms with van der Waals surface area (Å²) in [7, 11) is -2.12. The molecule has 42 heavy (non-hydrogen) atoms. The van der Waals surface area contributed by atoms with Crippen molar-refractivity contribution in [2.45, 2.75) is 45.7 Å². The van der Waals surface area contributed by atoms with E-state index >= 15 is 0 Å². The minimum Gasteiger partial charge on any atom is -0.497 e. The second-order valence-corrected chi connectivity index (χ2v) is 12.9. The number of nitrogens with one attached hydrogen (secondary N) is 1. The van der Waals surface area contributed by atoms with Crippen molar-refractivity contribution in [3.8, 4) is 5.75 Å². The maximum atomic E-state index is 13.9. The van der Waals surface area contributed by atoms with Crippen LogP contribution in [0.2, 0.25) is 5.02 Å². The van der Waals surface area contributed by atoms with Crippen molar-refractivity contribution in [3.05, 3.63) is 95.0 Å². The van der Waals surface area contributed by atoms with Crippen molar-refractivity contribution in [1.82, 2.24) is 10.2 Å². The molecule has 1 N–H and O–H groups in total. The van der Waals surface area contributed by atoms with Gasteiger partial charge in [0.15, 0.2) is 0 Å². The van der Waals surface area contributed by atoms with Gasteiger partial charge >= 0.3 is 0 Å². The third-order valence-corrected chi connectivity index (χ3v) is 8.31. The maximum absolute atomic E-state index is 13.9. The first-order chi connectivity index (χ1) is 20.0. The Labute approximate surface area is 254 Å². The zero-order chi connectivity index (χ0) is 30.7.